The number of fused-ring (bicyclic) bond motifs is 1. The van der Waals surface area contributed by atoms with Gasteiger partial charge in [-0.2, -0.15) is 0 Å². The summed E-state index contributed by atoms with van der Waals surface area (Å²) in [6.07, 6.45) is -6.87. The Morgan fingerprint density at radius 2 is 2.11 bits per heavy atom. The third-order valence-electron chi connectivity index (χ3n) is 4.46. The molecule has 1 aromatic carbocycles. The second kappa shape index (κ2) is 9.21. The van der Waals surface area contributed by atoms with Crippen LogP contribution in [0.15, 0.2) is 28.1 Å². The van der Waals surface area contributed by atoms with Gasteiger partial charge in [-0.25, -0.2) is 9.79 Å². The minimum absolute atomic E-state index is 0.391. The number of thioether (sulfide) groups is 1. The second-order valence-corrected chi connectivity index (χ2v) is 7.77. The lowest BCUT2D eigenvalue weighted by molar-refractivity contribution is -0.284. The van der Waals surface area contributed by atoms with Crippen LogP contribution in [0.5, 0.6) is 0 Å². The summed E-state index contributed by atoms with van der Waals surface area (Å²) in [4.78, 5) is 17.6. The van der Waals surface area contributed by atoms with Crippen LogP contribution in [0, 0.1) is 0 Å². The Bertz CT molecular complexity index is 743. The van der Waals surface area contributed by atoms with Crippen molar-refractivity contribution in [1.29, 1.82) is 0 Å². The Morgan fingerprint density at radius 1 is 1.32 bits per heavy atom. The number of aliphatic hydroxyl groups excluding tert-OH is 4. The molecule has 0 aromatic heterocycles. The van der Waals surface area contributed by atoms with Crippen LogP contribution in [-0.4, -0.2) is 75.4 Å². The molecule has 5 atom stereocenters. The van der Waals surface area contributed by atoms with Gasteiger partial charge in [0.2, 0.25) is 6.29 Å². The van der Waals surface area contributed by atoms with Crippen LogP contribution in [0.4, 0.5) is 10.5 Å². The first-order valence-corrected chi connectivity index (χ1v) is 10.0. The normalized spacial score (nSPS) is 29.2. The molecule has 0 saturated carbocycles. The van der Waals surface area contributed by atoms with E-state index in [1.165, 1.54) is 0 Å². The van der Waals surface area contributed by atoms with E-state index in [1.54, 1.807) is 11.8 Å². The third-order valence-corrected chi connectivity index (χ3v) is 5.65. The van der Waals surface area contributed by atoms with Crippen molar-refractivity contribution in [2.45, 2.75) is 55.4 Å². The Kier molecular flexibility index (Phi) is 6.91. The second-order valence-electron chi connectivity index (χ2n) is 6.60. The number of hydrogen-bond donors (Lipinski definition) is 5. The van der Waals surface area contributed by atoms with Gasteiger partial charge in [0.1, 0.15) is 30.3 Å². The van der Waals surface area contributed by atoms with Gasteiger partial charge >= 0.3 is 6.09 Å². The fourth-order valence-corrected chi connectivity index (χ4v) is 3.81. The molecular formula is C18H24N2O7S. The van der Waals surface area contributed by atoms with Crippen LogP contribution < -0.4 is 5.32 Å². The smallest absolute Gasteiger partial charge is 0.414 e. The van der Waals surface area contributed by atoms with E-state index in [9.17, 15) is 20.1 Å². The number of nitrogens with zero attached hydrogens (tertiary/aromatic N) is 1. The number of rotatable bonds is 5. The summed E-state index contributed by atoms with van der Waals surface area (Å²) in [6, 6.07) is 5.92. The molecule has 2 aliphatic heterocycles. The molecule has 1 aromatic rings. The van der Waals surface area contributed by atoms with Gasteiger partial charge in [0.05, 0.1) is 12.3 Å². The summed E-state index contributed by atoms with van der Waals surface area (Å²) in [5, 5.41) is 41.1. The van der Waals surface area contributed by atoms with Gasteiger partial charge in [-0.3, -0.25) is 5.32 Å². The Balaban J connectivity index is 1.56. The number of carbonyl (C=O) groups excluding carboxylic acids is 1. The maximum Gasteiger partial charge on any atom is 0.414 e. The number of carbonyl (C=O) groups is 1. The Labute approximate surface area is 166 Å². The minimum Gasteiger partial charge on any atom is -0.416 e. The molecule has 154 valence electrons. The van der Waals surface area contributed by atoms with Gasteiger partial charge in [0.25, 0.3) is 0 Å². The molecule has 5 unspecified atom stereocenters. The fourth-order valence-electron chi connectivity index (χ4n) is 2.98. The number of amidine groups is 1. The molecule has 28 heavy (non-hydrogen) atoms. The molecule has 0 bridgehead atoms. The molecule has 1 amide bonds. The molecular weight excluding hydrogens is 388 g/mol. The highest BCUT2D eigenvalue weighted by molar-refractivity contribution is 7.99. The first-order chi connectivity index (χ1) is 13.4. The first kappa shape index (κ1) is 21.0. The van der Waals surface area contributed by atoms with E-state index in [0.717, 1.165) is 28.3 Å². The minimum atomic E-state index is -1.65. The zero-order valence-electron chi connectivity index (χ0n) is 15.3. The van der Waals surface area contributed by atoms with Gasteiger partial charge in [-0.1, -0.05) is 6.92 Å². The number of aliphatic imine (C=N–C) groups is 1. The number of hydrogen-bond acceptors (Lipinski definition) is 9. The summed E-state index contributed by atoms with van der Waals surface area (Å²) in [5.74, 6) is 1.41. The van der Waals surface area contributed by atoms with E-state index >= 15 is 0 Å². The van der Waals surface area contributed by atoms with E-state index < -0.39 is 43.4 Å². The predicted octanol–water partition coefficient (Wildman–Crippen LogP) is 0.301. The quantitative estimate of drug-likeness (QED) is 0.435. The van der Waals surface area contributed by atoms with Crippen molar-refractivity contribution in [3.63, 3.8) is 0 Å². The van der Waals surface area contributed by atoms with Gasteiger partial charge in [0, 0.05) is 11.3 Å². The lowest BCUT2D eigenvalue weighted by Gasteiger charge is -2.38. The van der Waals surface area contributed by atoms with Crippen LogP contribution in [0.3, 0.4) is 0 Å². The van der Waals surface area contributed by atoms with Crippen molar-refractivity contribution in [2.75, 3.05) is 12.4 Å². The number of amides is 1. The van der Waals surface area contributed by atoms with Gasteiger partial charge in [-0.15, -0.1) is 11.8 Å². The molecule has 0 radical (unpaired) electrons. The Morgan fingerprint density at radius 3 is 2.82 bits per heavy atom. The predicted molar refractivity (Wildman–Crippen MR) is 102 cm³/mol. The molecule has 1 saturated heterocycles. The van der Waals surface area contributed by atoms with Crippen molar-refractivity contribution in [3.8, 4) is 0 Å². The largest absolute Gasteiger partial charge is 0.416 e. The topological polar surface area (TPSA) is 141 Å². The molecule has 9 nitrogen and oxygen atoms in total. The number of ether oxygens (including phenoxy) is 2. The van der Waals surface area contributed by atoms with E-state index in [-0.39, 0.29) is 0 Å². The molecule has 1 fully saturated rings. The maximum absolute atomic E-state index is 12.1. The summed E-state index contributed by atoms with van der Waals surface area (Å²) < 4.78 is 10.1. The lowest BCUT2D eigenvalue weighted by Crippen LogP contribution is -2.60. The van der Waals surface area contributed by atoms with Crippen molar-refractivity contribution in [3.05, 3.63) is 23.8 Å². The number of nitrogens with one attached hydrogen (secondary N) is 1. The van der Waals surface area contributed by atoms with Crippen LogP contribution in [0.2, 0.25) is 0 Å². The average Bonchev–Trinajstić information content (AvgIpc) is 3.08. The zero-order valence-corrected chi connectivity index (χ0v) is 16.1. The van der Waals surface area contributed by atoms with Crippen LogP contribution in [0.1, 0.15) is 18.9 Å². The molecule has 0 aliphatic carbocycles. The van der Waals surface area contributed by atoms with E-state index in [0.29, 0.717) is 12.3 Å². The number of benzene rings is 1. The maximum atomic E-state index is 12.1. The van der Waals surface area contributed by atoms with E-state index in [2.05, 4.69) is 17.2 Å². The lowest BCUT2D eigenvalue weighted by atomic mass is 9.99. The Hall–Kier alpha value is -1.69. The van der Waals surface area contributed by atoms with Crippen molar-refractivity contribution in [1.82, 2.24) is 5.32 Å². The zero-order chi connectivity index (χ0) is 20.3. The van der Waals surface area contributed by atoms with Crippen LogP contribution in [0.25, 0.3) is 0 Å². The molecule has 2 aliphatic rings. The van der Waals surface area contributed by atoms with Gasteiger partial charge in [0.15, 0.2) is 0 Å². The standard InChI is InChI=1S/C18H24N2O7S/c1-2-5-28-10-3-4-11-9(6-10)7-13(19-11)20-18(25)27-17-16(24)15(23)14(22)12(8-21)26-17/h3-4,6,12,14-17,21-24H,2,5,7-8H2,1H3,(H,19,20,25). The highest BCUT2D eigenvalue weighted by Crippen LogP contribution is 2.31. The summed E-state index contributed by atoms with van der Waals surface area (Å²) in [7, 11) is 0. The van der Waals surface area contributed by atoms with Crippen molar-refractivity contribution < 1.29 is 34.7 Å². The SMILES string of the molecule is CCCSc1ccc2c(c1)CC(NC(=O)OC1OC(CO)C(O)C(O)C1O)=N2. The highest BCUT2D eigenvalue weighted by Gasteiger charge is 2.45. The van der Waals surface area contributed by atoms with Crippen LogP contribution in [-0.2, 0) is 15.9 Å². The van der Waals surface area contributed by atoms with E-state index in [4.69, 9.17) is 14.6 Å². The van der Waals surface area contributed by atoms with Crippen molar-refractivity contribution in [2.24, 2.45) is 4.99 Å². The van der Waals surface area contributed by atoms with Gasteiger partial charge < -0.3 is 29.9 Å². The fraction of sp³-hybridized carbons (Fsp3) is 0.556. The van der Waals surface area contributed by atoms with E-state index in [1.807, 2.05) is 18.2 Å². The monoisotopic (exact) mass is 412 g/mol. The number of alkyl carbamates (subject to hydrolysis) is 1. The first-order valence-electron chi connectivity index (χ1n) is 9.04. The summed E-state index contributed by atoms with van der Waals surface area (Å²) in [6.45, 7) is 1.51. The number of aliphatic hydroxyl groups is 4. The van der Waals surface area contributed by atoms with Gasteiger partial charge in [-0.05, 0) is 35.9 Å². The van der Waals surface area contributed by atoms with Crippen LogP contribution >= 0.6 is 11.8 Å². The molecule has 3 rings (SSSR count). The van der Waals surface area contributed by atoms with Crippen molar-refractivity contribution >= 4 is 29.4 Å². The molecule has 10 heteroatoms. The highest BCUT2D eigenvalue weighted by atomic mass is 32.2. The average molecular weight is 412 g/mol. The molecule has 5 N–H and O–H groups in total. The molecule has 2 heterocycles. The summed E-state index contributed by atoms with van der Waals surface area (Å²) in [5.41, 5.74) is 1.76. The molecule has 0 spiro atoms. The third kappa shape index (κ3) is 4.65. The summed E-state index contributed by atoms with van der Waals surface area (Å²) >= 11 is 1.76.